The summed E-state index contributed by atoms with van der Waals surface area (Å²) in [6.07, 6.45) is 5.17. The minimum absolute atomic E-state index is 0.0184. The first-order valence-corrected chi connectivity index (χ1v) is 10.6. The number of carbonyl (C=O) groups is 1. The second kappa shape index (κ2) is 9.24. The van der Waals surface area contributed by atoms with Gasteiger partial charge in [0.15, 0.2) is 0 Å². The number of hydrogen-bond acceptors (Lipinski definition) is 3. The third-order valence-electron chi connectivity index (χ3n) is 6.11. The molecule has 2 aromatic carbocycles. The van der Waals surface area contributed by atoms with Crippen molar-refractivity contribution in [2.24, 2.45) is 5.92 Å². The molecule has 4 rings (SSSR count). The van der Waals surface area contributed by atoms with E-state index in [2.05, 4.69) is 52.7 Å². The molecule has 1 heterocycles. The number of rotatable bonds is 6. The van der Waals surface area contributed by atoms with Crippen molar-refractivity contribution in [3.05, 3.63) is 71.8 Å². The van der Waals surface area contributed by atoms with Crippen LogP contribution in [0.15, 0.2) is 60.7 Å². The molecule has 2 aromatic rings. The molecule has 2 aliphatic rings. The first-order valence-electron chi connectivity index (χ1n) is 10.6. The van der Waals surface area contributed by atoms with Gasteiger partial charge in [0.05, 0.1) is 6.04 Å². The average molecular weight is 379 g/mol. The number of alkyl carbamates (subject to hydrolysis) is 1. The van der Waals surface area contributed by atoms with E-state index >= 15 is 0 Å². The normalized spacial score (nSPS) is 19.6. The molecule has 1 unspecified atom stereocenters. The summed E-state index contributed by atoms with van der Waals surface area (Å²) in [5.41, 5.74) is 2.52. The van der Waals surface area contributed by atoms with Crippen molar-refractivity contribution in [1.82, 2.24) is 10.2 Å². The summed E-state index contributed by atoms with van der Waals surface area (Å²) in [6, 6.07) is 20.9. The zero-order valence-corrected chi connectivity index (χ0v) is 16.4. The Labute approximate surface area is 167 Å². The van der Waals surface area contributed by atoms with Crippen LogP contribution in [0.5, 0.6) is 0 Å². The van der Waals surface area contributed by atoms with Gasteiger partial charge in [0.1, 0.15) is 6.10 Å². The van der Waals surface area contributed by atoms with Crippen LogP contribution in [-0.2, 0) is 11.3 Å². The molecule has 1 N–H and O–H groups in total. The van der Waals surface area contributed by atoms with E-state index < -0.39 is 0 Å². The van der Waals surface area contributed by atoms with Crippen LogP contribution in [0.4, 0.5) is 4.79 Å². The second-order valence-corrected chi connectivity index (χ2v) is 8.09. The molecule has 28 heavy (non-hydrogen) atoms. The number of nitrogens with zero attached hydrogens (tertiary/aromatic N) is 1. The number of amides is 1. The maximum Gasteiger partial charge on any atom is 0.407 e. The molecule has 1 atom stereocenters. The molecule has 1 aliphatic heterocycles. The van der Waals surface area contributed by atoms with E-state index in [9.17, 15) is 4.79 Å². The highest BCUT2D eigenvalue weighted by Gasteiger charge is 2.31. The van der Waals surface area contributed by atoms with Gasteiger partial charge < -0.3 is 10.1 Å². The van der Waals surface area contributed by atoms with Gasteiger partial charge in [0.2, 0.25) is 0 Å². The number of carbonyl (C=O) groups excluding carboxylic acids is 1. The molecule has 0 spiro atoms. The number of benzene rings is 2. The van der Waals surface area contributed by atoms with E-state index in [-0.39, 0.29) is 18.2 Å². The fourth-order valence-electron chi connectivity index (χ4n) is 4.25. The predicted molar refractivity (Wildman–Crippen MR) is 111 cm³/mol. The van der Waals surface area contributed by atoms with Gasteiger partial charge in [0, 0.05) is 19.6 Å². The Morgan fingerprint density at radius 3 is 2.21 bits per heavy atom. The van der Waals surface area contributed by atoms with Gasteiger partial charge in [-0.1, -0.05) is 67.1 Å². The lowest BCUT2D eigenvalue weighted by molar-refractivity contribution is 0.0440. The van der Waals surface area contributed by atoms with E-state index in [0.29, 0.717) is 5.92 Å². The fourth-order valence-corrected chi connectivity index (χ4v) is 4.25. The molecule has 148 valence electrons. The molecular weight excluding hydrogens is 348 g/mol. The molecule has 4 nitrogen and oxygen atoms in total. The lowest BCUT2D eigenvalue weighted by atomic mass is 9.77. The molecule has 0 aromatic heterocycles. The summed E-state index contributed by atoms with van der Waals surface area (Å²) < 4.78 is 5.78. The summed E-state index contributed by atoms with van der Waals surface area (Å²) in [5.74, 6) is 0.530. The summed E-state index contributed by atoms with van der Waals surface area (Å²) in [7, 11) is 0. The van der Waals surface area contributed by atoms with Gasteiger partial charge in [-0.25, -0.2) is 4.79 Å². The average Bonchev–Trinajstić information content (AvgIpc) is 2.69. The molecule has 0 radical (unpaired) electrons. The standard InChI is InChI=1S/C24H30N2O2/c27-24(25-23(21-12-7-13-21)20-10-5-2-6-11-20)28-22-14-16-26(17-15-22)18-19-8-3-1-4-9-19/h1-6,8-11,21-23H,7,12-18H2,(H,25,27). The first kappa shape index (κ1) is 19.0. The molecule has 2 fully saturated rings. The minimum atomic E-state index is -0.262. The number of likely N-dealkylation sites (tertiary alicyclic amines) is 1. The topological polar surface area (TPSA) is 41.6 Å². The zero-order chi connectivity index (χ0) is 19.2. The second-order valence-electron chi connectivity index (χ2n) is 8.09. The molecule has 4 heteroatoms. The van der Waals surface area contributed by atoms with Gasteiger partial charge >= 0.3 is 6.09 Å². The maximum atomic E-state index is 12.6. The van der Waals surface area contributed by atoms with Crippen molar-refractivity contribution in [3.8, 4) is 0 Å². The van der Waals surface area contributed by atoms with Crippen LogP contribution in [0.3, 0.4) is 0 Å². The van der Waals surface area contributed by atoms with Crippen LogP contribution < -0.4 is 5.32 Å². The largest absolute Gasteiger partial charge is 0.446 e. The minimum Gasteiger partial charge on any atom is -0.446 e. The monoisotopic (exact) mass is 378 g/mol. The highest BCUT2D eigenvalue weighted by molar-refractivity contribution is 5.68. The molecular formula is C24H30N2O2. The lowest BCUT2D eigenvalue weighted by Crippen LogP contribution is -2.41. The van der Waals surface area contributed by atoms with Crippen molar-refractivity contribution in [2.45, 2.75) is 50.8 Å². The quantitative estimate of drug-likeness (QED) is 0.776. The van der Waals surface area contributed by atoms with Crippen molar-refractivity contribution < 1.29 is 9.53 Å². The summed E-state index contributed by atoms with van der Waals surface area (Å²) in [6.45, 7) is 2.91. The third kappa shape index (κ3) is 4.93. The fraction of sp³-hybridized carbons (Fsp3) is 0.458. The van der Waals surface area contributed by atoms with Crippen molar-refractivity contribution in [1.29, 1.82) is 0 Å². The Balaban J connectivity index is 1.26. The van der Waals surface area contributed by atoms with Gasteiger partial charge in [0.25, 0.3) is 0 Å². The maximum absolute atomic E-state index is 12.6. The van der Waals surface area contributed by atoms with Crippen molar-refractivity contribution in [2.75, 3.05) is 13.1 Å². The Bertz CT molecular complexity index is 738. The van der Waals surface area contributed by atoms with E-state index in [4.69, 9.17) is 4.74 Å². The number of ether oxygens (including phenoxy) is 1. The van der Waals surface area contributed by atoms with Crippen LogP contribution in [0.1, 0.15) is 49.3 Å². The van der Waals surface area contributed by atoms with E-state index in [1.165, 1.54) is 30.4 Å². The van der Waals surface area contributed by atoms with Gasteiger partial charge in [-0.15, -0.1) is 0 Å². The Kier molecular flexibility index (Phi) is 6.27. The predicted octanol–water partition coefficient (Wildman–Crippen LogP) is 4.92. The van der Waals surface area contributed by atoms with E-state index in [0.717, 1.165) is 32.5 Å². The highest BCUT2D eigenvalue weighted by atomic mass is 16.6. The Morgan fingerprint density at radius 2 is 1.61 bits per heavy atom. The third-order valence-corrected chi connectivity index (χ3v) is 6.11. The number of nitrogens with one attached hydrogen (secondary N) is 1. The Morgan fingerprint density at radius 1 is 0.964 bits per heavy atom. The van der Waals surface area contributed by atoms with Crippen LogP contribution in [0.2, 0.25) is 0 Å². The lowest BCUT2D eigenvalue weighted by Gasteiger charge is -2.35. The summed E-state index contributed by atoms with van der Waals surface area (Å²) in [4.78, 5) is 15.0. The Hall–Kier alpha value is -2.33. The zero-order valence-electron chi connectivity index (χ0n) is 16.4. The number of piperidine rings is 1. The highest BCUT2D eigenvalue weighted by Crippen LogP contribution is 2.37. The van der Waals surface area contributed by atoms with Gasteiger partial charge in [-0.3, -0.25) is 4.90 Å². The molecule has 1 saturated carbocycles. The van der Waals surface area contributed by atoms with Gasteiger partial charge in [-0.2, -0.15) is 0 Å². The van der Waals surface area contributed by atoms with Crippen LogP contribution in [-0.4, -0.2) is 30.2 Å². The van der Waals surface area contributed by atoms with Crippen LogP contribution in [0, 0.1) is 5.92 Å². The van der Waals surface area contributed by atoms with Gasteiger partial charge in [-0.05, 0) is 42.7 Å². The van der Waals surface area contributed by atoms with E-state index in [1.54, 1.807) is 0 Å². The SMILES string of the molecule is O=C(NC(c1ccccc1)C1CCC1)OC1CCN(Cc2ccccc2)CC1. The van der Waals surface area contributed by atoms with Crippen molar-refractivity contribution >= 4 is 6.09 Å². The molecule has 1 saturated heterocycles. The molecule has 1 amide bonds. The summed E-state index contributed by atoms with van der Waals surface area (Å²) in [5, 5.41) is 3.16. The first-order chi connectivity index (χ1) is 13.8. The van der Waals surface area contributed by atoms with Crippen LogP contribution in [0.25, 0.3) is 0 Å². The van der Waals surface area contributed by atoms with Crippen molar-refractivity contribution in [3.63, 3.8) is 0 Å². The van der Waals surface area contributed by atoms with Crippen LogP contribution >= 0.6 is 0 Å². The summed E-state index contributed by atoms with van der Waals surface area (Å²) >= 11 is 0. The van der Waals surface area contributed by atoms with E-state index in [1.807, 2.05) is 18.2 Å². The smallest absolute Gasteiger partial charge is 0.407 e. The molecule has 0 bridgehead atoms. The molecule has 1 aliphatic carbocycles. The number of hydrogen-bond donors (Lipinski definition) is 1.